The highest BCUT2D eigenvalue weighted by Gasteiger charge is 2.12. The number of nitrogens with two attached hydrogens (primary N) is 1. The van der Waals surface area contributed by atoms with Gasteiger partial charge in [0.05, 0.1) is 23.7 Å². The van der Waals surface area contributed by atoms with E-state index >= 15 is 0 Å². The molecule has 120 valence electrons. The molecule has 0 amide bonds. The first-order valence-electron chi connectivity index (χ1n) is 8.02. The van der Waals surface area contributed by atoms with Crippen molar-refractivity contribution in [1.82, 2.24) is 15.0 Å². The molecule has 2 rings (SSSR count). The predicted molar refractivity (Wildman–Crippen MR) is 88.2 cm³/mol. The molecule has 0 atom stereocenters. The summed E-state index contributed by atoms with van der Waals surface area (Å²) in [6.07, 6.45) is 3.19. The third-order valence-corrected chi connectivity index (χ3v) is 3.47. The fourth-order valence-corrected chi connectivity index (χ4v) is 2.24. The van der Waals surface area contributed by atoms with E-state index in [1.165, 1.54) is 0 Å². The Kier molecular flexibility index (Phi) is 5.95. The van der Waals surface area contributed by atoms with Gasteiger partial charge in [0, 0.05) is 6.54 Å². The Morgan fingerprint density at radius 2 is 1.95 bits per heavy atom. The zero-order valence-corrected chi connectivity index (χ0v) is 13.7. The minimum absolute atomic E-state index is 0.425. The summed E-state index contributed by atoms with van der Waals surface area (Å²) >= 11 is 0. The average Bonchev–Trinajstić information content (AvgIpc) is 2.94. The maximum atomic E-state index is 5.77. The Labute approximate surface area is 132 Å². The van der Waals surface area contributed by atoms with Crippen molar-refractivity contribution < 1.29 is 4.74 Å². The van der Waals surface area contributed by atoms with E-state index in [0.29, 0.717) is 12.5 Å². The lowest BCUT2D eigenvalue weighted by atomic mass is 10.1. The molecule has 0 aliphatic heterocycles. The van der Waals surface area contributed by atoms with Gasteiger partial charge in [-0.2, -0.15) is 0 Å². The summed E-state index contributed by atoms with van der Waals surface area (Å²) in [6.45, 7) is 7.60. The second-order valence-electron chi connectivity index (χ2n) is 5.90. The molecule has 0 saturated heterocycles. The number of ether oxygens (including phenoxy) is 1. The average molecular weight is 302 g/mol. The van der Waals surface area contributed by atoms with E-state index < -0.39 is 0 Å². The highest BCUT2D eigenvalue weighted by Crippen LogP contribution is 2.19. The van der Waals surface area contributed by atoms with Gasteiger partial charge in [-0.25, -0.2) is 4.68 Å². The van der Waals surface area contributed by atoms with E-state index in [1.54, 1.807) is 0 Å². The van der Waals surface area contributed by atoms with Crippen LogP contribution in [0.15, 0.2) is 24.3 Å². The maximum absolute atomic E-state index is 5.77. The molecule has 5 heteroatoms. The standard InChI is InChI=1S/C17H26N4O/c1-4-5-6-17-16(11-18)19-20-21(17)14-7-9-15(10-8-14)22-12-13(2)3/h7-10,13H,4-6,11-12,18H2,1-3H3. The van der Waals surface area contributed by atoms with Crippen LogP contribution in [0, 0.1) is 5.92 Å². The molecule has 1 aromatic carbocycles. The van der Waals surface area contributed by atoms with Crippen LogP contribution in [0.2, 0.25) is 0 Å². The molecule has 0 unspecified atom stereocenters. The molecule has 0 fully saturated rings. The van der Waals surface area contributed by atoms with Gasteiger partial charge in [-0.15, -0.1) is 5.10 Å². The Balaban J connectivity index is 2.18. The number of aromatic nitrogens is 3. The normalized spacial score (nSPS) is 11.1. The maximum Gasteiger partial charge on any atom is 0.119 e. The van der Waals surface area contributed by atoms with Crippen LogP contribution in [-0.2, 0) is 13.0 Å². The van der Waals surface area contributed by atoms with Crippen molar-refractivity contribution in [3.05, 3.63) is 35.7 Å². The van der Waals surface area contributed by atoms with Crippen molar-refractivity contribution in [2.45, 2.75) is 46.6 Å². The van der Waals surface area contributed by atoms with Gasteiger partial charge in [0.2, 0.25) is 0 Å². The minimum atomic E-state index is 0.425. The van der Waals surface area contributed by atoms with Crippen LogP contribution in [0.1, 0.15) is 45.0 Å². The Morgan fingerprint density at radius 3 is 2.55 bits per heavy atom. The molecule has 0 spiro atoms. The SMILES string of the molecule is CCCCc1c(CN)nnn1-c1ccc(OCC(C)C)cc1. The summed E-state index contributed by atoms with van der Waals surface area (Å²) in [5.74, 6) is 1.40. The first-order valence-corrected chi connectivity index (χ1v) is 8.02. The third kappa shape index (κ3) is 4.07. The zero-order valence-electron chi connectivity index (χ0n) is 13.7. The van der Waals surface area contributed by atoms with Crippen LogP contribution in [0.5, 0.6) is 5.75 Å². The largest absolute Gasteiger partial charge is 0.493 e. The number of hydrogen-bond donors (Lipinski definition) is 1. The monoisotopic (exact) mass is 302 g/mol. The van der Waals surface area contributed by atoms with Crippen LogP contribution in [-0.4, -0.2) is 21.6 Å². The van der Waals surface area contributed by atoms with Crippen LogP contribution < -0.4 is 10.5 Å². The third-order valence-electron chi connectivity index (χ3n) is 3.47. The second kappa shape index (κ2) is 7.94. The van der Waals surface area contributed by atoms with Crippen molar-refractivity contribution in [1.29, 1.82) is 0 Å². The van der Waals surface area contributed by atoms with E-state index in [4.69, 9.17) is 10.5 Å². The molecule has 2 aromatic rings. The zero-order chi connectivity index (χ0) is 15.9. The second-order valence-corrected chi connectivity index (χ2v) is 5.90. The fourth-order valence-electron chi connectivity index (χ4n) is 2.24. The summed E-state index contributed by atoms with van der Waals surface area (Å²) in [4.78, 5) is 0. The molecule has 0 aliphatic carbocycles. The summed E-state index contributed by atoms with van der Waals surface area (Å²) in [5.41, 5.74) is 8.76. The highest BCUT2D eigenvalue weighted by atomic mass is 16.5. The van der Waals surface area contributed by atoms with Crippen molar-refractivity contribution in [2.75, 3.05) is 6.61 Å². The highest BCUT2D eigenvalue weighted by molar-refractivity contribution is 5.38. The Bertz CT molecular complexity index is 575. The molecular formula is C17H26N4O. The van der Waals surface area contributed by atoms with E-state index in [1.807, 2.05) is 28.9 Å². The van der Waals surface area contributed by atoms with Crippen LogP contribution in [0.3, 0.4) is 0 Å². The lowest BCUT2D eigenvalue weighted by molar-refractivity contribution is 0.271. The lowest BCUT2D eigenvalue weighted by Gasteiger charge is -2.10. The number of benzene rings is 1. The van der Waals surface area contributed by atoms with Crippen LogP contribution in [0.4, 0.5) is 0 Å². The molecule has 0 bridgehead atoms. The van der Waals surface area contributed by atoms with Gasteiger partial charge >= 0.3 is 0 Å². The summed E-state index contributed by atoms with van der Waals surface area (Å²) in [6, 6.07) is 7.98. The summed E-state index contributed by atoms with van der Waals surface area (Å²) in [5, 5.41) is 8.46. The van der Waals surface area contributed by atoms with Crippen LogP contribution >= 0.6 is 0 Å². The van der Waals surface area contributed by atoms with Gasteiger partial charge in [0.15, 0.2) is 0 Å². The first-order chi connectivity index (χ1) is 10.7. The van der Waals surface area contributed by atoms with Crippen molar-refractivity contribution in [3.8, 4) is 11.4 Å². The van der Waals surface area contributed by atoms with Crippen molar-refractivity contribution in [3.63, 3.8) is 0 Å². The van der Waals surface area contributed by atoms with Gasteiger partial charge in [-0.1, -0.05) is 32.4 Å². The smallest absolute Gasteiger partial charge is 0.119 e. The van der Waals surface area contributed by atoms with E-state index in [2.05, 4.69) is 31.1 Å². The van der Waals surface area contributed by atoms with E-state index in [0.717, 1.165) is 48.7 Å². The topological polar surface area (TPSA) is 66.0 Å². The number of nitrogens with zero attached hydrogens (tertiary/aromatic N) is 3. The van der Waals surface area contributed by atoms with Crippen molar-refractivity contribution >= 4 is 0 Å². The van der Waals surface area contributed by atoms with Gasteiger partial charge in [0.25, 0.3) is 0 Å². The number of rotatable bonds is 8. The van der Waals surface area contributed by atoms with Crippen LogP contribution in [0.25, 0.3) is 5.69 Å². The van der Waals surface area contributed by atoms with Gasteiger partial charge in [-0.3, -0.25) is 0 Å². The molecule has 0 aliphatic rings. The Morgan fingerprint density at radius 1 is 1.23 bits per heavy atom. The van der Waals surface area contributed by atoms with Gasteiger partial charge in [0.1, 0.15) is 5.75 Å². The molecule has 1 heterocycles. The molecular weight excluding hydrogens is 276 g/mol. The first kappa shape index (κ1) is 16.5. The van der Waals surface area contributed by atoms with Crippen molar-refractivity contribution in [2.24, 2.45) is 11.7 Å². The molecule has 0 radical (unpaired) electrons. The number of hydrogen-bond acceptors (Lipinski definition) is 4. The predicted octanol–water partition coefficient (Wildman–Crippen LogP) is 3.10. The quantitative estimate of drug-likeness (QED) is 0.813. The Hall–Kier alpha value is -1.88. The lowest BCUT2D eigenvalue weighted by Crippen LogP contribution is -2.07. The fraction of sp³-hybridized carbons (Fsp3) is 0.529. The van der Waals surface area contributed by atoms with Gasteiger partial charge in [-0.05, 0) is 43.0 Å². The van der Waals surface area contributed by atoms with E-state index in [-0.39, 0.29) is 0 Å². The molecule has 1 aromatic heterocycles. The molecule has 5 nitrogen and oxygen atoms in total. The molecule has 2 N–H and O–H groups in total. The summed E-state index contributed by atoms with van der Waals surface area (Å²) in [7, 11) is 0. The summed E-state index contributed by atoms with van der Waals surface area (Å²) < 4.78 is 7.61. The molecule has 22 heavy (non-hydrogen) atoms. The minimum Gasteiger partial charge on any atom is -0.493 e. The molecule has 0 saturated carbocycles. The number of unbranched alkanes of at least 4 members (excludes halogenated alkanes) is 1. The van der Waals surface area contributed by atoms with Gasteiger partial charge < -0.3 is 10.5 Å². The van der Waals surface area contributed by atoms with E-state index in [9.17, 15) is 0 Å².